The summed E-state index contributed by atoms with van der Waals surface area (Å²) in [5, 5.41) is 15.1. The lowest BCUT2D eigenvalue weighted by atomic mass is 10.0. The van der Waals surface area contributed by atoms with Crippen molar-refractivity contribution >= 4 is 23.6 Å². The van der Waals surface area contributed by atoms with Crippen LogP contribution in [0.2, 0.25) is 0 Å². The van der Waals surface area contributed by atoms with E-state index in [0.717, 1.165) is 5.56 Å². The number of rotatable bonds is 9. The van der Waals surface area contributed by atoms with Crippen molar-refractivity contribution in [2.75, 3.05) is 18.0 Å². The molecule has 33 heavy (non-hydrogen) atoms. The number of primary amides is 1. The highest BCUT2D eigenvalue weighted by atomic mass is 19.1. The van der Waals surface area contributed by atoms with Gasteiger partial charge in [-0.3, -0.25) is 19.8 Å². The fourth-order valence-electron chi connectivity index (χ4n) is 3.54. The van der Waals surface area contributed by atoms with E-state index in [9.17, 15) is 23.9 Å². The van der Waals surface area contributed by atoms with Gasteiger partial charge in [0, 0.05) is 19.0 Å². The van der Waals surface area contributed by atoms with Crippen molar-refractivity contribution in [2.45, 2.75) is 38.6 Å². The van der Waals surface area contributed by atoms with Crippen molar-refractivity contribution < 1.29 is 28.6 Å². The normalized spacial score (nSPS) is 17.4. The van der Waals surface area contributed by atoms with Crippen LogP contribution < -0.4 is 21.3 Å². The molecule has 3 rings (SSSR count). The molecular weight excluding hydrogens is 431 g/mol. The Morgan fingerprint density at radius 1 is 1.27 bits per heavy atom. The number of carbonyl (C=O) groups excluding carboxylic acids is 3. The van der Waals surface area contributed by atoms with Crippen LogP contribution in [0.1, 0.15) is 19.4 Å². The van der Waals surface area contributed by atoms with E-state index >= 15 is 0 Å². The Bertz CT molecular complexity index is 1030. The first kappa shape index (κ1) is 24.1. The van der Waals surface area contributed by atoms with Crippen molar-refractivity contribution in [3.63, 3.8) is 0 Å². The van der Waals surface area contributed by atoms with Gasteiger partial charge in [0.1, 0.15) is 18.0 Å². The maximum absolute atomic E-state index is 14.9. The number of aliphatic hydroxyl groups is 1. The molecule has 9 nitrogen and oxygen atoms in total. The SMILES string of the molecule is CC(=O)NC[C@H]1CN(c2ccc(-c3ccc(CN[C@H](C(N)=O)C(C)O)cc3)c(F)c2)C(=O)O1. The number of hydrogen-bond acceptors (Lipinski definition) is 6. The number of halogens is 1. The van der Waals surface area contributed by atoms with E-state index in [1.54, 1.807) is 36.4 Å². The van der Waals surface area contributed by atoms with Gasteiger partial charge in [0.05, 0.1) is 24.9 Å². The second-order valence-corrected chi connectivity index (χ2v) is 7.92. The zero-order valence-electron chi connectivity index (χ0n) is 18.4. The summed E-state index contributed by atoms with van der Waals surface area (Å²) in [6.45, 7) is 3.55. The number of nitrogens with one attached hydrogen (secondary N) is 2. The van der Waals surface area contributed by atoms with E-state index < -0.39 is 36.1 Å². The zero-order chi connectivity index (χ0) is 24.1. The van der Waals surface area contributed by atoms with Crippen LogP contribution in [0.5, 0.6) is 0 Å². The number of hydrogen-bond donors (Lipinski definition) is 4. The monoisotopic (exact) mass is 458 g/mol. The van der Waals surface area contributed by atoms with Gasteiger partial charge >= 0.3 is 6.09 Å². The lowest BCUT2D eigenvalue weighted by Crippen LogP contribution is -2.47. The molecule has 2 aromatic rings. The largest absolute Gasteiger partial charge is 0.442 e. The zero-order valence-corrected chi connectivity index (χ0v) is 18.4. The van der Waals surface area contributed by atoms with Crippen LogP contribution in [0.3, 0.4) is 0 Å². The van der Waals surface area contributed by atoms with Gasteiger partial charge in [0.15, 0.2) is 0 Å². The summed E-state index contributed by atoms with van der Waals surface area (Å²) >= 11 is 0. The van der Waals surface area contributed by atoms with Crippen LogP contribution in [-0.4, -0.2) is 54.4 Å². The second-order valence-electron chi connectivity index (χ2n) is 7.92. The number of nitrogens with two attached hydrogens (primary N) is 1. The van der Waals surface area contributed by atoms with Crippen molar-refractivity contribution in [1.82, 2.24) is 10.6 Å². The quantitative estimate of drug-likeness (QED) is 0.447. The highest BCUT2D eigenvalue weighted by Gasteiger charge is 2.32. The van der Waals surface area contributed by atoms with Crippen molar-refractivity contribution in [1.29, 1.82) is 0 Å². The third-order valence-electron chi connectivity index (χ3n) is 5.30. The fraction of sp³-hybridized carbons (Fsp3) is 0.348. The Kier molecular flexibility index (Phi) is 7.62. The molecule has 1 saturated heterocycles. The van der Waals surface area contributed by atoms with Crippen LogP contribution in [0.15, 0.2) is 42.5 Å². The molecule has 10 heteroatoms. The fourth-order valence-corrected chi connectivity index (χ4v) is 3.54. The molecule has 1 aliphatic rings. The lowest BCUT2D eigenvalue weighted by Gasteiger charge is -2.18. The summed E-state index contributed by atoms with van der Waals surface area (Å²) in [5.41, 5.74) is 7.45. The standard InChI is InChI=1S/C23H27FN4O5/c1-13(29)21(22(25)31)27-10-15-3-5-16(6-4-15)19-8-7-17(9-20(19)24)28-12-18(33-23(28)32)11-26-14(2)30/h3-9,13,18,21,27,29H,10-12H2,1-2H3,(H2,25,31)(H,26,30)/t13?,18-,21-/m0/s1. The van der Waals surface area contributed by atoms with Crippen molar-refractivity contribution in [2.24, 2.45) is 5.73 Å². The van der Waals surface area contributed by atoms with Crippen molar-refractivity contribution in [3.05, 3.63) is 53.8 Å². The average molecular weight is 458 g/mol. The summed E-state index contributed by atoms with van der Waals surface area (Å²) in [6, 6.07) is 10.7. The number of cyclic esters (lactones) is 1. The summed E-state index contributed by atoms with van der Waals surface area (Å²) < 4.78 is 20.1. The van der Waals surface area contributed by atoms with Crippen molar-refractivity contribution in [3.8, 4) is 11.1 Å². The topological polar surface area (TPSA) is 134 Å². The predicted octanol–water partition coefficient (Wildman–Crippen LogP) is 1.28. The molecule has 0 aromatic heterocycles. The summed E-state index contributed by atoms with van der Waals surface area (Å²) in [7, 11) is 0. The molecule has 176 valence electrons. The molecule has 0 saturated carbocycles. The number of carbonyl (C=O) groups is 3. The Hall–Kier alpha value is -3.50. The second kappa shape index (κ2) is 10.4. The third kappa shape index (κ3) is 6.05. The number of nitrogens with zero attached hydrogens (tertiary/aromatic N) is 1. The molecule has 1 aliphatic heterocycles. The van der Waals surface area contributed by atoms with E-state index in [4.69, 9.17) is 10.5 Å². The van der Waals surface area contributed by atoms with Crippen LogP contribution in [0.4, 0.5) is 14.9 Å². The Morgan fingerprint density at radius 2 is 1.97 bits per heavy atom. The Labute approximate surface area is 190 Å². The Morgan fingerprint density at radius 3 is 2.55 bits per heavy atom. The van der Waals surface area contributed by atoms with Gasteiger partial charge in [-0.2, -0.15) is 0 Å². The number of aliphatic hydroxyl groups excluding tert-OH is 1. The Balaban J connectivity index is 1.67. The van der Waals surface area contributed by atoms with E-state index in [0.29, 0.717) is 23.4 Å². The molecule has 0 radical (unpaired) electrons. The minimum atomic E-state index is -0.928. The van der Waals surface area contributed by atoms with Crippen LogP contribution in [0.25, 0.3) is 11.1 Å². The van der Waals surface area contributed by atoms with E-state index in [2.05, 4.69) is 10.6 Å². The van der Waals surface area contributed by atoms with Gasteiger partial charge in [-0.05, 0) is 36.2 Å². The minimum Gasteiger partial charge on any atom is -0.442 e. The van der Waals surface area contributed by atoms with E-state index in [1.165, 1.54) is 24.8 Å². The van der Waals surface area contributed by atoms with E-state index in [-0.39, 0.29) is 19.0 Å². The number of ether oxygens (including phenoxy) is 1. The molecule has 3 atom stereocenters. The lowest BCUT2D eigenvalue weighted by molar-refractivity contribution is -0.122. The van der Waals surface area contributed by atoms with Gasteiger partial charge in [-0.15, -0.1) is 0 Å². The van der Waals surface area contributed by atoms with Gasteiger partial charge in [0.2, 0.25) is 11.8 Å². The average Bonchev–Trinajstić information content (AvgIpc) is 3.13. The van der Waals surface area contributed by atoms with E-state index in [1.807, 2.05) is 0 Å². The van der Waals surface area contributed by atoms with Crippen LogP contribution >= 0.6 is 0 Å². The first-order valence-corrected chi connectivity index (χ1v) is 10.5. The predicted molar refractivity (Wildman–Crippen MR) is 120 cm³/mol. The minimum absolute atomic E-state index is 0.191. The molecular formula is C23H27FN4O5. The van der Waals surface area contributed by atoms with Crippen LogP contribution in [0, 0.1) is 5.82 Å². The summed E-state index contributed by atoms with van der Waals surface area (Å²) in [4.78, 5) is 35.9. The highest BCUT2D eigenvalue weighted by molar-refractivity contribution is 5.90. The molecule has 5 N–H and O–H groups in total. The molecule has 0 spiro atoms. The van der Waals surface area contributed by atoms with Gasteiger partial charge in [0.25, 0.3) is 0 Å². The van der Waals surface area contributed by atoms with Gasteiger partial charge in [-0.25, -0.2) is 9.18 Å². The molecule has 1 heterocycles. The first-order valence-electron chi connectivity index (χ1n) is 10.5. The smallest absolute Gasteiger partial charge is 0.414 e. The molecule has 3 amide bonds. The van der Waals surface area contributed by atoms with Gasteiger partial charge in [-0.1, -0.05) is 24.3 Å². The number of amides is 3. The number of anilines is 1. The highest BCUT2D eigenvalue weighted by Crippen LogP contribution is 2.29. The molecule has 0 aliphatic carbocycles. The first-order chi connectivity index (χ1) is 15.7. The molecule has 2 aromatic carbocycles. The summed E-state index contributed by atoms with van der Waals surface area (Å²) in [6.07, 6.45) is -2.03. The molecule has 0 bridgehead atoms. The van der Waals surface area contributed by atoms with Crippen LogP contribution in [-0.2, 0) is 20.9 Å². The maximum atomic E-state index is 14.9. The van der Waals surface area contributed by atoms with Gasteiger partial charge < -0.3 is 20.9 Å². The third-order valence-corrected chi connectivity index (χ3v) is 5.30. The molecule has 1 fully saturated rings. The number of benzene rings is 2. The summed E-state index contributed by atoms with van der Waals surface area (Å²) in [5.74, 6) is -1.37. The molecule has 1 unspecified atom stereocenters. The maximum Gasteiger partial charge on any atom is 0.414 e.